The van der Waals surface area contributed by atoms with Gasteiger partial charge in [0.25, 0.3) is 0 Å². The lowest BCUT2D eigenvalue weighted by Crippen LogP contribution is -2.36. The number of nitrogens with one attached hydrogen (secondary N) is 2. The number of aryl methyl sites for hydroxylation is 1. The van der Waals surface area contributed by atoms with Gasteiger partial charge in [-0.25, -0.2) is 8.42 Å². The summed E-state index contributed by atoms with van der Waals surface area (Å²) in [5.41, 5.74) is 1.01. The number of aliphatic imine (C=N–C) groups is 1. The molecule has 9 heteroatoms. The maximum absolute atomic E-state index is 12.6. The van der Waals surface area contributed by atoms with Gasteiger partial charge >= 0.3 is 0 Å². The van der Waals surface area contributed by atoms with Gasteiger partial charge < -0.3 is 10.6 Å². The van der Waals surface area contributed by atoms with E-state index in [0.717, 1.165) is 37.3 Å². The fourth-order valence-corrected chi connectivity index (χ4v) is 5.56. The lowest BCUT2D eigenvalue weighted by molar-refractivity contribution is 0.477. The molecule has 0 atom stereocenters. The summed E-state index contributed by atoms with van der Waals surface area (Å²) in [7, 11) is -1.61. The highest BCUT2D eigenvalue weighted by Crippen LogP contribution is 2.21. The van der Waals surface area contributed by atoms with E-state index >= 15 is 0 Å². The summed E-state index contributed by atoms with van der Waals surface area (Å²) in [6.45, 7) is 4.71. The van der Waals surface area contributed by atoms with Crippen molar-refractivity contribution in [3.8, 4) is 0 Å². The first-order valence-corrected chi connectivity index (χ1v) is 11.9. The van der Waals surface area contributed by atoms with E-state index in [2.05, 4.69) is 34.7 Å². The number of nitrogens with zero attached hydrogens (tertiary/aromatic N) is 2. The molecule has 6 nitrogen and oxygen atoms in total. The molecule has 1 aromatic carbocycles. The summed E-state index contributed by atoms with van der Waals surface area (Å²) in [6.07, 6.45) is 2.94. The van der Waals surface area contributed by atoms with Gasteiger partial charge in [-0.05, 0) is 49.1 Å². The van der Waals surface area contributed by atoms with E-state index in [0.29, 0.717) is 24.5 Å². The van der Waals surface area contributed by atoms with E-state index in [4.69, 9.17) is 0 Å². The zero-order valence-electron chi connectivity index (χ0n) is 16.8. The van der Waals surface area contributed by atoms with Crippen LogP contribution in [0.15, 0.2) is 46.3 Å². The second-order valence-corrected chi connectivity index (χ2v) is 9.95. The second kappa shape index (κ2) is 11.3. The largest absolute Gasteiger partial charge is 0.352 e. The van der Waals surface area contributed by atoms with Gasteiger partial charge in [-0.15, -0.1) is 35.3 Å². The molecule has 160 valence electrons. The molecule has 3 rings (SSSR count). The Balaban J connectivity index is 0.00000300. The molecule has 0 radical (unpaired) electrons. The van der Waals surface area contributed by atoms with Crippen LogP contribution in [0.3, 0.4) is 0 Å². The number of hydrogen-bond donors (Lipinski definition) is 2. The third-order valence-electron chi connectivity index (χ3n) is 4.81. The normalized spacial score (nSPS) is 15.2. The summed E-state index contributed by atoms with van der Waals surface area (Å²) in [5.74, 6) is 0.722. The molecular weight excluding hydrogens is 519 g/mol. The first kappa shape index (κ1) is 24.1. The average Bonchev–Trinajstić information content (AvgIpc) is 3.41. The molecule has 0 aliphatic carbocycles. The van der Waals surface area contributed by atoms with Crippen molar-refractivity contribution in [1.82, 2.24) is 14.9 Å². The minimum Gasteiger partial charge on any atom is -0.352 e. The lowest BCUT2D eigenvalue weighted by atomic mass is 10.2. The molecule has 0 saturated carbocycles. The zero-order valence-corrected chi connectivity index (χ0v) is 20.8. The number of sulfonamides is 1. The topological polar surface area (TPSA) is 73.8 Å². The zero-order chi connectivity index (χ0) is 20.0. The van der Waals surface area contributed by atoms with Gasteiger partial charge in [0.05, 0.1) is 11.4 Å². The van der Waals surface area contributed by atoms with Crippen molar-refractivity contribution < 1.29 is 8.42 Å². The second-order valence-electron chi connectivity index (χ2n) is 6.76. The Bertz CT molecular complexity index is 905. The van der Waals surface area contributed by atoms with Crippen LogP contribution in [0, 0.1) is 0 Å². The monoisotopic (exact) mass is 548 g/mol. The summed E-state index contributed by atoms with van der Waals surface area (Å²) in [6, 6.07) is 11.4. The fraction of sp³-hybridized carbons (Fsp3) is 0.450. The SMILES string of the molecule is CCc1ccc(CNC(=NC)NCc2ccc(S(=O)(=O)N3CCCC3)cc2)s1.I. The van der Waals surface area contributed by atoms with Crippen molar-refractivity contribution in [1.29, 1.82) is 0 Å². The Hall–Kier alpha value is -1.17. The van der Waals surface area contributed by atoms with E-state index in [1.54, 1.807) is 23.5 Å². The van der Waals surface area contributed by atoms with Crippen LogP contribution in [-0.4, -0.2) is 38.8 Å². The Labute approximate surface area is 194 Å². The van der Waals surface area contributed by atoms with Crippen LogP contribution in [0.25, 0.3) is 0 Å². The summed E-state index contributed by atoms with van der Waals surface area (Å²) < 4.78 is 26.7. The van der Waals surface area contributed by atoms with Crippen LogP contribution < -0.4 is 10.6 Å². The van der Waals surface area contributed by atoms with Gasteiger partial charge in [0, 0.05) is 36.4 Å². The first-order valence-electron chi connectivity index (χ1n) is 9.64. The van der Waals surface area contributed by atoms with Crippen molar-refractivity contribution in [2.45, 2.75) is 44.2 Å². The molecule has 1 aliphatic heterocycles. The lowest BCUT2D eigenvalue weighted by Gasteiger charge is -2.16. The molecular formula is C20H29IN4O2S2. The van der Waals surface area contributed by atoms with Crippen molar-refractivity contribution >= 4 is 51.3 Å². The van der Waals surface area contributed by atoms with Crippen molar-refractivity contribution in [3.05, 3.63) is 51.7 Å². The van der Waals surface area contributed by atoms with E-state index in [-0.39, 0.29) is 24.0 Å². The summed E-state index contributed by atoms with van der Waals surface area (Å²) >= 11 is 1.81. The summed E-state index contributed by atoms with van der Waals surface area (Å²) in [4.78, 5) is 7.27. The van der Waals surface area contributed by atoms with E-state index in [1.165, 1.54) is 9.75 Å². The van der Waals surface area contributed by atoms with Gasteiger partial charge in [-0.1, -0.05) is 19.1 Å². The molecule has 1 aromatic heterocycles. The van der Waals surface area contributed by atoms with Gasteiger partial charge in [0.1, 0.15) is 0 Å². The van der Waals surface area contributed by atoms with Crippen LogP contribution in [0.2, 0.25) is 0 Å². The van der Waals surface area contributed by atoms with E-state index < -0.39 is 10.0 Å². The van der Waals surface area contributed by atoms with Gasteiger partial charge in [-0.3, -0.25) is 4.99 Å². The molecule has 2 heterocycles. The predicted octanol–water partition coefficient (Wildman–Crippen LogP) is 3.58. The Morgan fingerprint density at radius 1 is 1.03 bits per heavy atom. The highest BCUT2D eigenvalue weighted by atomic mass is 127. The van der Waals surface area contributed by atoms with Crippen molar-refractivity contribution in [3.63, 3.8) is 0 Å². The van der Waals surface area contributed by atoms with E-state index in [1.807, 2.05) is 23.5 Å². The smallest absolute Gasteiger partial charge is 0.243 e. The quantitative estimate of drug-likeness (QED) is 0.315. The third-order valence-corrected chi connectivity index (χ3v) is 7.95. The van der Waals surface area contributed by atoms with Crippen molar-refractivity contribution in [2.24, 2.45) is 4.99 Å². The molecule has 0 bridgehead atoms. The average molecular weight is 549 g/mol. The molecule has 1 fully saturated rings. The highest BCUT2D eigenvalue weighted by molar-refractivity contribution is 14.0. The molecule has 1 aliphatic rings. The Morgan fingerprint density at radius 2 is 1.66 bits per heavy atom. The van der Waals surface area contributed by atoms with Gasteiger partial charge in [0.15, 0.2) is 5.96 Å². The minimum absolute atomic E-state index is 0. The standard InChI is InChI=1S/C20H28N4O2S2.HI/c1-3-17-8-9-18(27-17)15-23-20(21-2)22-14-16-6-10-19(11-7-16)28(25,26)24-12-4-5-13-24;/h6-11H,3-5,12-15H2,1-2H3,(H2,21,22,23);1H. The fourth-order valence-electron chi connectivity index (χ4n) is 3.14. The van der Waals surface area contributed by atoms with Gasteiger partial charge in [-0.2, -0.15) is 4.31 Å². The third kappa shape index (κ3) is 6.40. The number of benzene rings is 1. The maximum atomic E-state index is 12.6. The molecule has 29 heavy (non-hydrogen) atoms. The molecule has 2 N–H and O–H groups in total. The van der Waals surface area contributed by atoms with Crippen LogP contribution in [0.1, 0.15) is 35.1 Å². The van der Waals surface area contributed by atoms with Crippen LogP contribution in [0.4, 0.5) is 0 Å². The Morgan fingerprint density at radius 3 is 2.24 bits per heavy atom. The molecule has 0 unspecified atom stereocenters. The number of rotatable bonds is 7. The molecule has 2 aromatic rings. The van der Waals surface area contributed by atoms with Crippen LogP contribution >= 0.6 is 35.3 Å². The molecule has 0 amide bonds. The minimum atomic E-state index is -3.35. The van der Waals surface area contributed by atoms with Crippen LogP contribution in [-0.2, 0) is 29.5 Å². The van der Waals surface area contributed by atoms with Crippen molar-refractivity contribution in [2.75, 3.05) is 20.1 Å². The molecule has 0 spiro atoms. The highest BCUT2D eigenvalue weighted by Gasteiger charge is 2.26. The van der Waals surface area contributed by atoms with Gasteiger partial charge in [0.2, 0.25) is 10.0 Å². The molecule has 1 saturated heterocycles. The predicted molar refractivity (Wildman–Crippen MR) is 131 cm³/mol. The van der Waals surface area contributed by atoms with E-state index in [9.17, 15) is 8.42 Å². The van der Waals surface area contributed by atoms with Crippen LogP contribution in [0.5, 0.6) is 0 Å². The number of hydrogen-bond acceptors (Lipinski definition) is 4. The Kier molecular flexibility index (Phi) is 9.38. The number of guanidine groups is 1. The maximum Gasteiger partial charge on any atom is 0.243 e. The first-order chi connectivity index (χ1) is 13.5. The summed E-state index contributed by atoms with van der Waals surface area (Å²) in [5, 5.41) is 6.59. The number of thiophene rings is 1. The number of halogens is 1.